The molecule has 7 heteroatoms. The van der Waals surface area contributed by atoms with Crippen LogP contribution in [0, 0.1) is 0 Å². The lowest BCUT2D eigenvalue weighted by molar-refractivity contribution is 0.269. The van der Waals surface area contributed by atoms with E-state index < -0.39 is 0 Å². The lowest BCUT2D eigenvalue weighted by Crippen LogP contribution is -2.34. The molecule has 1 aromatic rings. The summed E-state index contributed by atoms with van der Waals surface area (Å²) in [6.45, 7) is 6.95. The molecule has 1 atom stereocenters. The Hall–Kier alpha value is -1.63. The SMILES string of the molecule is CCCNc1nc(N2CCCC2)nc(N(C)C(C)CO)n1. The van der Waals surface area contributed by atoms with Gasteiger partial charge < -0.3 is 20.2 Å². The molecule has 7 nitrogen and oxygen atoms in total. The van der Waals surface area contributed by atoms with Gasteiger partial charge in [0.2, 0.25) is 17.8 Å². The summed E-state index contributed by atoms with van der Waals surface area (Å²) >= 11 is 0. The molecule has 21 heavy (non-hydrogen) atoms. The van der Waals surface area contributed by atoms with Gasteiger partial charge in [-0.2, -0.15) is 15.0 Å². The van der Waals surface area contributed by atoms with Crippen LogP contribution in [0.3, 0.4) is 0 Å². The molecule has 0 spiro atoms. The minimum absolute atomic E-state index is 0.0298. The third-order valence-electron chi connectivity index (χ3n) is 3.77. The Balaban J connectivity index is 2.27. The van der Waals surface area contributed by atoms with Crippen molar-refractivity contribution < 1.29 is 5.11 Å². The molecule has 1 saturated heterocycles. The number of anilines is 3. The molecule has 0 bridgehead atoms. The molecule has 1 aliphatic rings. The molecule has 2 N–H and O–H groups in total. The molecule has 0 aromatic carbocycles. The second kappa shape index (κ2) is 7.40. The summed E-state index contributed by atoms with van der Waals surface area (Å²) in [6.07, 6.45) is 3.38. The van der Waals surface area contributed by atoms with Crippen LogP contribution in [0.25, 0.3) is 0 Å². The second-order valence-electron chi connectivity index (χ2n) is 5.52. The van der Waals surface area contributed by atoms with Gasteiger partial charge in [-0.15, -0.1) is 0 Å². The van der Waals surface area contributed by atoms with Crippen molar-refractivity contribution in [2.45, 2.75) is 39.2 Å². The fraction of sp³-hybridized carbons (Fsp3) is 0.786. The fourth-order valence-corrected chi connectivity index (χ4v) is 2.21. The van der Waals surface area contributed by atoms with E-state index in [1.807, 2.05) is 18.9 Å². The highest BCUT2D eigenvalue weighted by atomic mass is 16.3. The molecular formula is C14H26N6O. The largest absolute Gasteiger partial charge is 0.394 e. The minimum atomic E-state index is -0.0298. The van der Waals surface area contributed by atoms with Gasteiger partial charge in [0.25, 0.3) is 0 Å². The summed E-state index contributed by atoms with van der Waals surface area (Å²) in [5.41, 5.74) is 0. The Morgan fingerprint density at radius 2 is 2.00 bits per heavy atom. The van der Waals surface area contributed by atoms with E-state index >= 15 is 0 Å². The van der Waals surface area contributed by atoms with Crippen LogP contribution in [0.2, 0.25) is 0 Å². The van der Waals surface area contributed by atoms with Gasteiger partial charge in [0.1, 0.15) is 0 Å². The maximum atomic E-state index is 9.32. The first-order valence-electron chi connectivity index (χ1n) is 7.74. The molecule has 1 fully saturated rings. The molecule has 1 aliphatic heterocycles. The smallest absolute Gasteiger partial charge is 0.232 e. The third-order valence-corrected chi connectivity index (χ3v) is 3.77. The van der Waals surface area contributed by atoms with Crippen LogP contribution in [0.15, 0.2) is 0 Å². The molecule has 1 aromatic heterocycles. The highest BCUT2D eigenvalue weighted by Crippen LogP contribution is 2.20. The maximum absolute atomic E-state index is 9.32. The van der Waals surface area contributed by atoms with Gasteiger partial charge in [-0.1, -0.05) is 6.92 Å². The zero-order valence-electron chi connectivity index (χ0n) is 13.2. The standard InChI is InChI=1S/C14H26N6O/c1-4-7-15-12-16-13(19(3)11(2)10-21)18-14(17-12)20-8-5-6-9-20/h11,21H,4-10H2,1-3H3,(H,15,16,17,18). The predicted molar refractivity (Wildman–Crippen MR) is 85.0 cm³/mol. The second-order valence-corrected chi connectivity index (χ2v) is 5.52. The third kappa shape index (κ3) is 3.93. The average Bonchev–Trinajstić information content (AvgIpc) is 3.05. The van der Waals surface area contributed by atoms with Crippen molar-refractivity contribution in [1.29, 1.82) is 0 Å². The molecular weight excluding hydrogens is 268 g/mol. The first-order valence-corrected chi connectivity index (χ1v) is 7.74. The van der Waals surface area contributed by atoms with Gasteiger partial charge in [0.15, 0.2) is 0 Å². The molecule has 0 aliphatic carbocycles. The van der Waals surface area contributed by atoms with Gasteiger partial charge in [-0.05, 0) is 26.2 Å². The lowest BCUT2D eigenvalue weighted by atomic mass is 10.3. The first-order chi connectivity index (χ1) is 10.2. The zero-order valence-corrected chi connectivity index (χ0v) is 13.2. The normalized spacial score (nSPS) is 16.1. The van der Waals surface area contributed by atoms with Crippen LogP contribution in [0.1, 0.15) is 33.1 Å². The van der Waals surface area contributed by atoms with Crippen LogP contribution in [0.5, 0.6) is 0 Å². The van der Waals surface area contributed by atoms with E-state index in [0.29, 0.717) is 11.9 Å². The number of rotatable bonds is 7. The highest BCUT2D eigenvalue weighted by Gasteiger charge is 2.20. The Morgan fingerprint density at radius 3 is 2.62 bits per heavy atom. The Labute approximate surface area is 126 Å². The molecule has 0 amide bonds. The van der Waals surface area contributed by atoms with Gasteiger partial charge in [0, 0.05) is 26.7 Å². The number of aromatic nitrogens is 3. The van der Waals surface area contributed by atoms with E-state index in [-0.39, 0.29) is 12.6 Å². The van der Waals surface area contributed by atoms with E-state index in [1.54, 1.807) is 0 Å². The molecule has 2 rings (SSSR count). The zero-order chi connectivity index (χ0) is 15.2. The topological polar surface area (TPSA) is 77.4 Å². The van der Waals surface area contributed by atoms with Crippen molar-refractivity contribution in [2.24, 2.45) is 0 Å². The summed E-state index contributed by atoms with van der Waals surface area (Å²) in [5.74, 6) is 1.95. The van der Waals surface area contributed by atoms with Gasteiger partial charge in [0.05, 0.1) is 12.6 Å². The summed E-state index contributed by atoms with van der Waals surface area (Å²) in [5, 5.41) is 12.6. The van der Waals surface area contributed by atoms with Gasteiger partial charge in [-0.3, -0.25) is 0 Å². The van der Waals surface area contributed by atoms with E-state index in [0.717, 1.165) is 32.0 Å². The molecule has 0 saturated carbocycles. The van der Waals surface area contributed by atoms with E-state index in [4.69, 9.17) is 0 Å². The van der Waals surface area contributed by atoms with Crippen molar-refractivity contribution in [3.05, 3.63) is 0 Å². The van der Waals surface area contributed by atoms with Crippen molar-refractivity contribution in [2.75, 3.05) is 48.4 Å². The molecule has 118 valence electrons. The van der Waals surface area contributed by atoms with Crippen molar-refractivity contribution in [3.8, 4) is 0 Å². The van der Waals surface area contributed by atoms with Gasteiger partial charge in [-0.25, -0.2) is 0 Å². The number of nitrogens with zero attached hydrogens (tertiary/aromatic N) is 5. The van der Waals surface area contributed by atoms with Crippen LogP contribution in [-0.2, 0) is 0 Å². The summed E-state index contributed by atoms with van der Waals surface area (Å²) in [6, 6.07) is -0.0298. The number of aliphatic hydroxyl groups excluding tert-OH is 1. The molecule has 0 radical (unpaired) electrons. The number of aliphatic hydroxyl groups is 1. The average molecular weight is 294 g/mol. The Bertz CT molecular complexity index is 449. The summed E-state index contributed by atoms with van der Waals surface area (Å²) in [4.78, 5) is 17.6. The fourth-order valence-electron chi connectivity index (χ4n) is 2.21. The van der Waals surface area contributed by atoms with E-state index in [2.05, 4.69) is 32.1 Å². The number of nitrogens with one attached hydrogen (secondary N) is 1. The Kier molecular flexibility index (Phi) is 5.55. The van der Waals surface area contributed by atoms with Crippen LogP contribution >= 0.6 is 0 Å². The van der Waals surface area contributed by atoms with Crippen LogP contribution in [-0.4, -0.2) is 59.4 Å². The molecule has 2 heterocycles. The lowest BCUT2D eigenvalue weighted by Gasteiger charge is -2.25. The number of likely N-dealkylation sites (N-methyl/N-ethyl adjacent to an activating group) is 1. The predicted octanol–water partition coefficient (Wildman–Crippen LogP) is 1.11. The van der Waals surface area contributed by atoms with Crippen molar-refractivity contribution in [1.82, 2.24) is 15.0 Å². The monoisotopic (exact) mass is 294 g/mol. The number of hydrogen-bond donors (Lipinski definition) is 2. The van der Waals surface area contributed by atoms with E-state index in [1.165, 1.54) is 12.8 Å². The van der Waals surface area contributed by atoms with Crippen LogP contribution < -0.4 is 15.1 Å². The van der Waals surface area contributed by atoms with Crippen molar-refractivity contribution >= 4 is 17.8 Å². The van der Waals surface area contributed by atoms with Crippen LogP contribution in [0.4, 0.5) is 17.8 Å². The quantitative estimate of drug-likeness (QED) is 0.780. The van der Waals surface area contributed by atoms with E-state index in [9.17, 15) is 5.11 Å². The molecule has 1 unspecified atom stereocenters. The summed E-state index contributed by atoms with van der Waals surface area (Å²) < 4.78 is 0. The number of hydrogen-bond acceptors (Lipinski definition) is 7. The maximum Gasteiger partial charge on any atom is 0.232 e. The Morgan fingerprint density at radius 1 is 1.29 bits per heavy atom. The highest BCUT2D eigenvalue weighted by molar-refractivity contribution is 5.45. The minimum Gasteiger partial charge on any atom is -0.394 e. The van der Waals surface area contributed by atoms with Crippen molar-refractivity contribution in [3.63, 3.8) is 0 Å². The summed E-state index contributed by atoms with van der Waals surface area (Å²) in [7, 11) is 1.90. The van der Waals surface area contributed by atoms with Gasteiger partial charge >= 0.3 is 0 Å². The first kappa shape index (κ1) is 15.8.